The molecule has 1 atom stereocenters. The van der Waals surface area contributed by atoms with E-state index in [0.717, 1.165) is 25.2 Å². The van der Waals surface area contributed by atoms with Gasteiger partial charge in [-0.3, -0.25) is 4.79 Å². The van der Waals surface area contributed by atoms with Crippen molar-refractivity contribution in [2.24, 2.45) is 0 Å². The molecule has 4 heteroatoms. The Bertz CT molecular complexity index is 431. The van der Waals surface area contributed by atoms with E-state index < -0.39 is 0 Å². The largest absolute Gasteiger partial charge is 0.508 e. The maximum absolute atomic E-state index is 12.3. The van der Waals surface area contributed by atoms with E-state index in [0.29, 0.717) is 5.56 Å². The summed E-state index contributed by atoms with van der Waals surface area (Å²) in [6.07, 6.45) is 0. The third-order valence-corrected chi connectivity index (χ3v) is 3.21. The predicted octanol–water partition coefficient (Wildman–Crippen LogP) is 1.13. The van der Waals surface area contributed by atoms with E-state index in [2.05, 4.69) is 5.32 Å². The number of aromatic hydroxyl groups is 1. The number of carbonyl (C=O) groups is 1. The lowest BCUT2D eigenvalue weighted by Gasteiger charge is -2.34. The van der Waals surface area contributed by atoms with Crippen LogP contribution < -0.4 is 5.32 Å². The summed E-state index contributed by atoms with van der Waals surface area (Å²) in [5.74, 6) is 0.275. The molecular weight excluding hydrogens is 216 g/mol. The second-order valence-electron chi connectivity index (χ2n) is 4.55. The smallest absolute Gasteiger partial charge is 0.254 e. The number of nitrogens with one attached hydrogen (secondary N) is 1. The van der Waals surface area contributed by atoms with Gasteiger partial charge in [0.15, 0.2) is 0 Å². The maximum Gasteiger partial charge on any atom is 0.254 e. The summed E-state index contributed by atoms with van der Waals surface area (Å²) in [5.41, 5.74) is 1.38. The van der Waals surface area contributed by atoms with Crippen molar-refractivity contribution in [2.75, 3.05) is 19.6 Å². The molecule has 1 aromatic rings. The first-order valence-corrected chi connectivity index (χ1v) is 5.91. The molecule has 1 aliphatic heterocycles. The SMILES string of the molecule is Cc1cc(C(=O)N2CCNC[C@@H]2C)ccc1O. The molecule has 0 unspecified atom stereocenters. The number of benzene rings is 1. The molecule has 1 aliphatic rings. The Morgan fingerprint density at radius 2 is 2.29 bits per heavy atom. The van der Waals surface area contributed by atoms with Gasteiger partial charge in [-0.1, -0.05) is 0 Å². The highest BCUT2D eigenvalue weighted by Gasteiger charge is 2.24. The molecule has 0 spiro atoms. The normalized spacial score (nSPS) is 20.4. The number of phenolic OH excluding ortho intramolecular Hbond substituents is 1. The van der Waals surface area contributed by atoms with Crippen LogP contribution in [-0.4, -0.2) is 41.6 Å². The highest BCUT2D eigenvalue weighted by Crippen LogP contribution is 2.19. The molecule has 2 rings (SSSR count). The number of hydrogen-bond donors (Lipinski definition) is 2. The summed E-state index contributed by atoms with van der Waals surface area (Å²) in [5, 5.41) is 12.7. The Labute approximate surface area is 101 Å². The minimum absolute atomic E-state index is 0.0436. The number of phenols is 1. The van der Waals surface area contributed by atoms with E-state index in [-0.39, 0.29) is 17.7 Å². The van der Waals surface area contributed by atoms with E-state index >= 15 is 0 Å². The molecule has 1 heterocycles. The van der Waals surface area contributed by atoms with Gasteiger partial charge in [-0.05, 0) is 37.6 Å². The average molecular weight is 234 g/mol. The van der Waals surface area contributed by atoms with Crippen LogP contribution in [0.2, 0.25) is 0 Å². The zero-order chi connectivity index (χ0) is 12.4. The summed E-state index contributed by atoms with van der Waals surface area (Å²) >= 11 is 0. The van der Waals surface area contributed by atoms with Gasteiger partial charge < -0.3 is 15.3 Å². The summed E-state index contributed by atoms with van der Waals surface area (Å²) < 4.78 is 0. The molecule has 2 N–H and O–H groups in total. The lowest BCUT2D eigenvalue weighted by molar-refractivity contribution is 0.0655. The zero-order valence-corrected chi connectivity index (χ0v) is 10.2. The Hall–Kier alpha value is -1.55. The molecule has 0 saturated carbocycles. The maximum atomic E-state index is 12.3. The monoisotopic (exact) mass is 234 g/mol. The highest BCUT2D eigenvalue weighted by molar-refractivity contribution is 5.94. The Morgan fingerprint density at radius 3 is 2.94 bits per heavy atom. The molecule has 0 bridgehead atoms. The summed E-state index contributed by atoms with van der Waals surface area (Å²) in [7, 11) is 0. The van der Waals surface area contributed by atoms with Gasteiger partial charge in [0.2, 0.25) is 0 Å². The first-order chi connectivity index (χ1) is 8.09. The number of rotatable bonds is 1. The minimum Gasteiger partial charge on any atom is -0.508 e. The molecule has 0 radical (unpaired) electrons. The van der Waals surface area contributed by atoms with Gasteiger partial charge in [0, 0.05) is 31.2 Å². The number of piperazine rings is 1. The van der Waals surface area contributed by atoms with Crippen LogP contribution in [0.3, 0.4) is 0 Å². The van der Waals surface area contributed by atoms with Gasteiger partial charge >= 0.3 is 0 Å². The minimum atomic E-state index is 0.0436. The summed E-state index contributed by atoms with van der Waals surface area (Å²) in [6, 6.07) is 5.21. The second-order valence-corrected chi connectivity index (χ2v) is 4.55. The number of aryl methyl sites for hydroxylation is 1. The number of nitrogens with zero attached hydrogens (tertiary/aromatic N) is 1. The molecule has 1 saturated heterocycles. The van der Waals surface area contributed by atoms with E-state index in [4.69, 9.17) is 0 Å². The molecule has 1 aromatic carbocycles. The van der Waals surface area contributed by atoms with Crippen LogP contribution in [0.15, 0.2) is 18.2 Å². The lowest BCUT2D eigenvalue weighted by atomic mass is 10.1. The topological polar surface area (TPSA) is 52.6 Å². The first kappa shape index (κ1) is 11.9. The van der Waals surface area contributed by atoms with Crippen molar-refractivity contribution < 1.29 is 9.90 Å². The van der Waals surface area contributed by atoms with Crippen LogP contribution in [0, 0.1) is 6.92 Å². The Kier molecular flexibility index (Phi) is 3.33. The van der Waals surface area contributed by atoms with Crippen LogP contribution in [0.5, 0.6) is 5.75 Å². The number of hydrogen-bond acceptors (Lipinski definition) is 3. The van der Waals surface area contributed by atoms with Crippen molar-refractivity contribution in [1.29, 1.82) is 0 Å². The van der Waals surface area contributed by atoms with E-state index in [9.17, 15) is 9.90 Å². The van der Waals surface area contributed by atoms with Gasteiger partial charge in [-0.25, -0.2) is 0 Å². The summed E-state index contributed by atoms with van der Waals surface area (Å²) in [6.45, 7) is 6.25. The van der Waals surface area contributed by atoms with Crippen molar-refractivity contribution >= 4 is 5.91 Å². The number of carbonyl (C=O) groups excluding carboxylic acids is 1. The predicted molar refractivity (Wildman–Crippen MR) is 66.2 cm³/mol. The van der Waals surface area contributed by atoms with Gasteiger partial charge in [-0.15, -0.1) is 0 Å². The fourth-order valence-electron chi connectivity index (χ4n) is 2.10. The van der Waals surface area contributed by atoms with Crippen molar-refractivity contribution in [3.05, 3.63) is 29.3 Å². The van der Waals surface area contributed by atoms with Crippen molar-refractivity contribution in [3.63, 3.8) is 0 Å². The van der Waals surface area contributed by atoms with E-state index in [1.807, 2.05) is 11.8 Å². The van der Waals surface area contributed by atoms with Crippen LogP contribution in [0.4, 0.5) is 0 Å². The quantitative estimate of drug-likeness (QED) is 0.766. The third kappa shape index (κ3) is 2.42. The zero-order valence-electron chi connectivity index (χ0n) is 10.2. The van der Waals surface area contributed by atoms with E-state index in [1.54, 1.807) is 25.1 Å². The second kappa shape index (κ2) is 4.75. The average Bonchev–Trinajstić information content (AvgIpc) is 2.32. The standard InChI is InChI=1S/C13H18N2O2/c1-9-7-11(3-4-12(9)16)13(17)15-6-5-14-8-10(15)2/h3-4,7,10,14,16H,5-6,8H2,1-2H3/t10-/m0/s1. The van der Waals surface area contributed by atoms with Crippen LogP contribution in [-0.2, 0) is 0 Å². The molecule has 92 valence electrons. The van der Waals surface area contributed by atoms with Gasteiger partial charge in [0.1, 0.15) is 5.75 Å². The molecular formula is C13H18N2O2. The van der Waals surface area contributed by atoms with Crippen molar-refractivity contribution in [1.82, 2.24) is 10.2 Å². The molecule has 4 nitrogen and oxygen atoms in total. The van der Waals surface area contributed by atoms with Crippen LogP contribution >= 0.6 is 0 Å². The van der Waals surface area contributed by atoms with Crippen LogP contribution in [0.1, 0.15) is 22.8 Å². The highest BCUT2D eigenvalue weighted by atomic mass is 16.3. The molecule has 0 aliphatic carbocycles. The lowest BCUT2D eigenvalue weighted by Crippen LogP contribution is -2.52. The molecule has 0 aromatic heterocycles. The van der Waals surface area contributed by atoms with Gasteiger partial charge in [-0.2, -0.15) is 0 Å². The molecule has 1 amide bonds. The fraction of sp³-hybridized carbons (Fsp3) is 0.462. The van der Waals surface area contributed by atoms with Gasteiger partial charge in [0.05, 0.1) is 0 Å². The van der Waals surface area contributed by atoms with Crippen LogP contribution in [0.25, 0.3) is 0 Å². The van der Waals surface area contributed by atoms with E-state index in [1.165, 1.54) is 0 Å². The molecule has 1 fully saturated rings. The Morgan fingerprint density at radius 1 is 1.53 bits per heavy atom. The van der Waals surface area contributed by atoms with Gasteiger partial charge in [0.25, 0.3) is 5.91 Å². The Balaban J connectivity index is 2.21. The number of amides is 1. The van der Waals surface area contributed by atoms with Crippen molar-refractivity contribution in [3.8, 4) is 5.75 Å². The first-order valence-electron chi connectivity index (χ1n) is 5.91. The summed E-state index contributed by atoms with van der Waals surface area (Å²) in [4.78, 5) is 14.2. The van der Waals surface area contributed by atoms with Crippen molar-refractivity contribution in [2.45, 2.75) is 19.9 Å². The third-order valence-electron chi connectivity index (χ3n) is 3.21. The molecule has 17 heavy (non-hydrogen) atoms. The fourth-order valence-corrected chi connectivity index (χ4v) is 2.10.